The van der Waals surface area contributed by atoms with E-state index in [1.165, 1.54) is 11.8 Å². The van der Waals surface area contributed by atoms with Crippen molar-refractivity contribution in [2.24, 2.45) is 0 Å². The van der Waals surface area contributed by atoms with Crippen molar-refractivity contribution in [1.82, 2.24) is 4.90 Å². The molecule has 4 rings (SSSR count). The van der Waals surface area contributed by atoms with Crippen LogP contribution in [0.25, 0.3) is 0 Å². The number of benzene rings is 3. The summed E-state index contributed by atoms with van der Waals surface area (Å²) in [7, 11) is 0. The molecule has 1 fully saturated rings. The van der Waals surface area contributed by atoms with Crippen LogP contribution >= 0.6 is 0 Å². The number of carbonyl (C=O) groups excluding carboxylic acids is 1. The van der Waals surface area contributed by atoms with Crippen LogP contribution in [0, 0.1) is 10.1 Å². The van der Waals surface area contributed by atoms with Crippen LogP contribution in [0.15, 0.2) is 78.9 Å². The molecular weight excluding hydrogens is 582 g/mol. The summed E-state index contributed by atoms with van der Waals surface area (Å²) in [6.07, 6.45) is -12.2. The van der Waals surface area contributed by atoms with Crippen molar-refractivity contribution >= 4 is 6.09 Å². The largest absolute Gasteiger partial charge is 0.445 e. The highest BCUT2D eigenvalue weighted by Gasteiger charge is 2.50. The lowest BCUT2D eigenvalue weighted by atomic mass is 9.79. The lowest BCUT2D eigenvalue weighted by Gasteiger charge is -2.47. The van der Waals surface area contributed by atoms with E-state index in [2.05, 4.69) is 0 Å². The molecule has 1 aliphatic heterocycles. The number of alkyl halides is 6. The number of nitrogens with zero attached hydrogens (tertiary/aromatic N) is 2. The normalized spacial score (nSPS) is 20.0. The third-order valence-corrected chi connectivity index (χ3v) is 7.49. The van der Waals surface area contributed by atoms with Crippen molar-refractivity contribution in [3.05, 3.63) is 117 Å². The Labute approximate surface area is 243 Å². The molecule has 1 aliphatic rings. The molecule has 0 N–H and O–H groups in total. The third kappa shape index (κ3) is 7.45. The van der Waals surface area contributed by atoms with Gasteiger partial charge in [-0.25, -0.2) is 4.79 Å². The van der Waals surface area contributed by atoms with Crippen molar-refractivity contribution in [3.8, 4) is 0 Å². The summed E-state index contributed by atoms with van der Waals surface area (Å²) in [6, 6.07) is 17.2. The van der Waals surface area contributed by atoms with Gasteiger partial charge < -0.3 is 9.47 Å². The lowest BCUT2D eigenvalue weighted by Crippen LogP contribution is -2.59. The van der Waals surface area contributed by atoms with Gasteiger partial charge >= 0.3 is 18.4 Å². The van der Waals surface area contributed by atoms with Crippen LogP contribution in [-0.4, -0.2) is 35.1 Å². The molecule has 0 bridgehead atoms. The average Bonchev–Trinajstić information content (AvgIpc) is 2.98. The molecule has 13 heteroatoms. The van der Waals surface area contributed by atoms with Gasteiger partial charge in [-0.1, -0.05) is 60.7 Å². The molecular formula is C30H28F6N2O5. The fourth-order valence-corrected chi connectivity index (χ4v) is 5.09. The van der Waals surface area contributed by atoms with Gasteiger partial charge in [0.2, 0.25) is 6.04 Å². The summed E-state index contributed by atoms with van der Waals surface area (Å²) in [4.78, 5) is 25.9. The summed E-state index contributed by atoms with van der Waals surface area (Å²) in [5, 5.41) is 11.7. The number of nitro groups is 1. The molecule has 230 valence electrons. The van der Waals surface area contributed by atoms with Crippen LogP contribution in [-0.2, 0) is 34.0 Å². The third-order valence-electron chi connectivity index (χ3n) is 7.49. The van der Waals surface area contributed by atoms with Gasteiger partial charge in [0.15, 0.2) is 0 Å². The summed E-state index contributed by atoms with van der Waals surface area (Å²) in [5.74, 6) is 0. The Bertz CT molecular complexity index is 1390. The molecule has 3 atom stereocenters. The predicted octanol–water partition coefficient (Wildman–Crippen LogP) is 7.78. The number of rotatable bonds is 8. The first-order valence-electron chi connectivity index (χ1n) is 13.3. The van der Waals surface area contributed by atoms with Crippen LogP contribution in [0.4, 0.5) is 31.1 Å². The van der Waals surface area contributed by atoms with Crippen molar-refractivity contribution < 1.29 is 45.5 Å². The molecule has 0 aromatic heterocycles. The Morgan fingerprint density at radius 1 is 0.977 bits per heavy atom. The van der Waals surface area contributed by atoms with Gasteiger partial charge in [-0.2, -0.15) is 26.3 Å². The number of halogens is 6. The highest BCUT2D eigenvalue weighted by molar-refractivity contribution is 5.69. The number of hydrogen-bond acceptors (Lipinski definition) is 5. The Morgan fingerprint density at radius 3 is 2.07 bits per heavy atom. The zero-order valence-corrected chi connectivity index (χ0v) is 22.9. The Hall–Kier alpha value is -4.13. The molecule has 0 radical (unpaired) electrons. The van der Waals surface area contributed by atoms with Gasteiger partial charge in [-0.3, -0.25) is 15.0 Å². The van der Waals surface area contributed by atoms with Crippen LogP contribution < -0.4 is 0 Å². The summed E-state index contributed by atoms with van der Waals surface area (Å²) < 4.78 is 92.3. The van der Waals surface area contributed by atoms with E-state index in [4.69, 9.17) is 9.47 Å². The Kier molecular flexibility index (Phi) is 9.33. The molecule has 7 nitrogen and oxygen atoms in total. The molecule has 1 heterocycles. The fraction of sp³-hybridized carbons (Fsp3) is 0.367. The maximum absolute atomic E-state index is 13.5. The molecule has 3 aromatic carbocycles. The van der Waals surface area contributed by atoms with Gasteiger partial charge in [-0.05, 0) is 48.2 Å². The second kappa shape index (κ2) is 12.6. The van der Waals surface area contributed by atoms with E-state index in [0.29, 0.717) is 23.3 Å². The molecule has 43 heavy (non-hydrogen) atoms. The average molecular weight is 611 g/mol. The number of piperidine rings is 1. The number of hydrogen-bond donors (Lipinski definition) is 0. The topological polar surface area (TPSA) is 81.9 Å². The molecule has 3 aromatic rings. The first-order valence-corrected chi connectivity index (χ1v) is 13.3. The molecule has 1 unspecified atom stereocenters. The smallest absolute Gasteiger partial charge is 0.416 e. The van der Waals surface area contributed by atoms with Gasteiger partial charge in [0, 0.05) is 11.3 Å². The van der Waals surface area contributed by atoms with E-state index in [1.807, 2.05) is 0 Å². The van der Waals surface area contributed by atoms with Crippen molar-refractivity contribution in [1.29, 1.82) is 0 Å². The van der Waals surface area contributed by atoms with Gasteiger partial charge in [0.1, 0.15) is 6.61 Å². The van der Waals surface area contributed by atoms with Crippen LogP contribution in [0.2, 0.25) is 0 Å². The summed E-state index contributed by atoms with van der Waals surface area (Å²) >= 11 is 0. The second-order valence-electron chi connectivity index (χ2n) is 10.3. The number of likely N-dealkylation sites (tertiary alicyclic amines) is 1. The molecule has 0 spiro atoms. The lowest BCUT2D eigenvalue weighted by molar-refractivity contribution is -0.528. The zero-order chi connectivity index (χ0) is 31.4. The second-order valence-corrected chi connectivity index (χ2v) is 10.3. The van der Waals surface area contributed by atoms with E-state index in [1.54, 1.807) is 60.7 Å². The maximum Gasteiger partial charge on any atom is 0.416 e. The van der Waals surface area contributed by atoms with Crippen LogP contribution in [0.3, 0.4) is 0 Å². The van der Waals surface area contributed by atoms with Gasteiger partial charge in [0.05, 0.1) is 35.9 Å². The van der Waals surface area contributed by atoms with Crippen LogP contribution in [0.1, 0.15) is 53.7 Å². The Morgan fingerprint density at radius 2 is 1.53 bits per heavy atom. The highest BCUT2D eigenvalue weighted by atomic mass is 19.4. The standard InChI is InChI=1S/C30H28F6N2O5/c1-20(22-14-24(29(31,32)33)16-25(15-22)30(34,35)36)43-19-28(23-10-6-3-7-11-23)13-12-26(38(40)41)17-37(28)27(39)42-18-21-8-4-2-5-9-21/h2-11,14-16,20,26H,12-13,17-19H2,1H3/t20-,26?,28-/m1/s1. The zero-order valence-electron chi connectivity index (χ0n) is 22.9. The fourth-order valence-electron chi connectivity index (χ4n) is 5.09. The molecule has 0 saturated carbocycles. The summed E-state index contributed by atoms with van der Waals surface area (Å²) in [5.41, 5.74) is -3.53. The molecule has 1 saturated heterocycles. The minimum absolute atomic E-state index is 0.0200. The van der Waals surface area contributed by atoms with Crippen molar-refractivity contribution in [2.75, 3.05) is 13.2 Å². The van der Waals surface area contributed by atoms with Crippen LogP contribution in [0.5, 0.6) is 0 Å². The van der Waals surface area contributed by atoms with E-state index in [0.717, 1.165) is 0 Å². The number of ether oxygens (including phenoxy) is 2. The van der Waals surface area contributed by atoms with Gasteiger partial charge in [-0.15, -0.1) is 0 Å². The van der Waals surface area contributed by atoms with Gasteiger partial charge in [0.25, 0.3) is 0 Å². The monoisotopic (exact) mass is 610 g/mol. The van der Waals surface area contributed by atoms with E-state index in [9.17, 15) is 41.3 Å². The van der Waals surface area contributed by atoms with E-state index in [-0.39, 0.29) is 44.2 Å². The SMILES string of the molecule is C[C@@H](OC[C@@]1(c2ccccc2)CCC([N+](=O)[O-])CN1C(=O)OCc1ccccc1)c1cc(C(F)(F)F)cc(C(F)(F)F)c1. The molecule has 1 amide bonds. The maximum atomic E-state index is 13.5. The first-order chi connectivity index (χ1) is 20.2. The highest BCUT2D eigenvalue weighted by Crippen LogP contribution is 2.42. The number of carbonyl (C=O) groups is 1. The first kappa shape index (κ1) is 31.8. The number of amides is 1. The quantitative estimate of drug-likeness (QED) is 0.148. The minimum Gasteiger partial charge on any atom is -0.445 e. The van der Waals surface area contributed by atoms with Crippen molar-refractivity contribution in [3.63, 3.8) is 0 Å². The minimum atomic E-state index is -5.04. The predicted molar refractivity (Wildman–Crippen MR) is 142 cm³/mol. The van der Waals surface area contributed by atoms with E-state index >= 15 is 0 Å². The van der Waals surface area contributed by atoms with E-state index < -0.39 is 52.2 Å². The van der Waals surface area contributed by atoms with Crippen molar-refractivity contribution in [2.45, 2.75) is 56.4 Å². The Balaban J connectivity index is 1.69. The molecule has 0 aliphatic carbocycles. The summed E-state index contributed by atoms with van der Waals surface area (Å²) in [6.45, 7) is 0.427.